The maximum Gasteiger partial charge on any atom is 0.229 e. The van der Waals surface area contributed by atoms with Crippen molar-refractivity contribution in [1.82, 2.24) is 15.5 Å². The van der Waals surface area contributed by atoms with E-state index in [1.54, 1.807) is 6.08 Å². The SMILES string of the molecule is C=CCNC(=O)CC(=O)NCCCN(C)C. The number of carbonyl (C=O) groups is 2. The molecule has 2 N–H and O–H groups in total. The van der Waals surface area contributed by atoms with E-state index in [0.717, 1.165) is 13.0 Å². The molecule has 92 valence electrons. The fourth-order valence-corrected chi connectivity index (χ4v) is 1.08. The quantitative estimate of drug-likeness (QED) is 0.341. The van der Waals surface area contributed by atoms with E-state index in [2.05, 4.69) is 17.2 Å². The first kappa shape index (κ1) is 14.6. The van der Waals surface area contributed by atoms with Gasteiger partial charge >= 0.3 is 0 Å². The molecule has 0 spiro atoms. The highest BCUT2D eigenvalue weighted by atomic mass is 16.2. The second-order valence-corrected chi connectivity index (χ2v) is 3.78. The van der Waals surface area contributed by atoms with Crippen LogP contribution in [0.5, 0.6) is 0 Å². The zero-order valence-corrected chi connectivity index (χ0v) is 10.1. The zero-order valence-electron chi connectivity index (χ0n) is 10.1. The molecule has 0 saturated heterocycles. The van der Waals surface area contributed by atoms with Gasteiger partial charge in [-0.15, -0.1) is 6.58 Å². The van der Waals surface area contributed by atoms with Crippen molar-refractivity contribution in [2.45, 2.75) is 12.8 Å². The molecule has 0 saturated carbocycles. The molecule has 0 aliphatic rings. The smallest absolute Gasteiger partial charge is 0.229 e. The van der Waals surface area contributed by atoms with E-state index in [1.807, 2.05) is 19.0 Å². The molecule has 0 aliphatic carbocycles. The summed E-state index contributed by atoms with van der Waals surface area (Å²) in [6.07, 6.45) is 2.34. The average Bonchev–Trinajstić information content (AvgIpc) is 2.21. The van der Waals surface area contributed by atoms with Gasteiger partial charge in [0.25, 0.3) is 0 Å². The highest BCUT2D eigenvalue weighted by Gasteiger charge is 2.07. The van der Waals surface area contributed by atoms with Crippen molar-refractivity contribution in [3.05, 3.63) is 12.7 Å². The largest absolute Gasteiger partial charge is 0.356 e. The van der Waals surface area contributed by atoms with E-state index in [9.17, 15) is 9.59 Å². The van der Waals surface area contributed by atoms with Crippen LogP contribution in [0.4, 0.5) is 0 Å². The summed E-state index contributed by atoms with van der Waals surface area (Å²) >= 11 is 0. The van der Waals surface area contributed by atoms with Crippen molar-refractivity contribution in [1.29, 1.82) is 0 Å². The van der Waals surface area contributed by atoms with Gasteiger partial charge in [0, 0.05) is 13.1 Å². The van der Waals surface area contributed by atoms with Gasteiger partial charge in [0.2, 0.25) is 11.8 Å². The topological polar surface area (TPSA) is 61.4 Å². The average molecular weight is 227 g/mol. The molecule has 0 bridgehead atoms. The molecule has 0 aromatic heterocycles. The second-order valence-electron chi connectivity index (χ2n) is 3.78. The molecule has 5 nitrogen and oxygen atoms in total. The van der Waals surface area contributed by atoms with Gasteiger partial charge < -0.3 is 15.5 Å². The second kappa shape index (κ2) is 8.91. The summed E-state index contributed by atoms with van der Waals surface area (Å²) in [5.41, 5.74) is 0. The Balaban J connectivity index is 3.50. The lowest BCUT2D eigenvalue weighted by molar-refractivity contribution is -0.129. The van der Waals surface area contributed by atoms with Crippen LogP contribution >= 0.6 is 0 Å². The molecule has 0 fully saturated rings. The monoisotopic (exact) mass is 227 g/mol. The van der Waals surface area contributed by atoms with Crippen molar-refractivity contribution in [3.63, 3.8) is 0 Å². The molecule has 0 aliphatic heterocycles. The van der Waals surface area contributed by atoms with Gasteiger partial charge in [0.05, 0.1) is 0 Å². The summed E-state index contributed by atoms with van der Waals surface area (Å²) in [5, 5.41) is 5.24. The van der Waals surface area contributed by atoms with E-state index >= 15 is 0 Å². The number of nitrogens with one attached hydrogen (secondary N) is 2. The van der Waals surface area contributed by atoms with Gasteiger partial charge in [-0.05, 0) is 27.1 Å². The minimum absolute atomic E-state index is 0.115. The zero-order chi connectivity index (χ0) is 12.4. The Labute approximate surface area is 96.9 Å². The predicted molar refractivity (Wildman–Crippen MR) is 64.0 cm³/mol. The molecule has 16 heavy (non-hydrogen) atoms. The number of rotatable bonds is 8. The lowest BCUT2D eigenvalue weighted by atomic mass is 10.3. The first-order valence-electron chi connectivity index (χ1n) is 5.35. The Bertz CT molecular complexity index is 239. The molecule has 5 heteroatoms. The molecule has 0 rings (SSSR count). The van der Waals surface area contributed by atoms with Crippen LogP contribution in [-0.2, 0) is 9.59 Å². The first-order chi connectivity index (χ1) is 7.56. The van der Waals surface area contributed by atoms with Crippen molar-refractivity contribution < 1.29 is 9.59 Å². The number of carbonyl (C=O) groups excluding carboxylic acids is 2. The summed E-state index contributed by atoms with van der Waals surface area (Å²) in [5.74, 6) is -0.509. The molecule has 0 radical (unpaired) electrons. The molecule has 0 aromatic rings. The minimum atomic E-state index is -0.273. The Morgan fingerprint density at radius 2 is 1.88 bits per heavy atom. The highest BCUT2D eigenvalue weighted by Crippen LogP contribution is 1.84. The fourth-order valence-electron chi connectivity index (χ4n) is 1.08. The molecule has 2 amide bonds. The first-order valence-corrected chi connectivity index (χ1v) is 5.35. The number of nitrogens with zero attached hydrogens (tertiary/aromatic N) is 1. The van der Waals surface area contributed by atoms with Crippen LogP contribution < -0.4 is 10.6 Å². The summed E-state index contributed by atoms with van der Waals surface area (Å²) < 4.78 is 0. The molecule has 0 unspecified atom stereocenters. The Morgan fingerprint density at radius 3 is 2.44 bits per heavy atom. The van der Waals surface area contributed by atoms with Gasteiger partial charge in [-0.1, -0.05) is 6.08 Å². The third kappa shape index (κ3) is 9.21. The summed E-state index contributed by atoms with van der Waals surface area (Å²) in [4.78, 5) is 24.4. The maximum absolute atomic E-state index is 11.2. The van der Waals surface area contributed by atoms with Gasteiger partial charge in [0.1, 0.15) is 6.42 Å². The van der Waals surface area contributed by atoms with Gasteiger partial charge in [0.15, 0.2) is 0 Å². The number of hydrogen-bond donors (Lipinski definition) is 2. The van der Waals surface area contributed by atoms with Crippen LogP contribution in [0.3, 0.4) is 0 Å². The standard InChI is InChI=1S/C11H21N3O2/c1-4-6-12-10(15)9-11(16)13-7-5-8-14(2)3/h4H,1,5-9H2,2-3H3,(H,12,15)(H,13,16). The Kier molecular flexibility index (Phi) is 8.15. The summed E-state index contributed by atoms with van der Waals surface area (Å²) in [6, 6.07) is 0. The highest BCUT2D eigenvalue weighted by molar-refractivity contribution is 5.96. The van der Waals surface area contributed by atoms with Crippen molar-refractivity contribution in [2.75, 3.05) is 33.7 Å². The van der Waals surface area contributed by atoms with E-state index < -0.39 is 0 Å². The molecular formula is C11H21N3O2. The fraction of sp³-hybridized carbons (Fsp3) is 0.636. The van der Waals surface area contributed by atoms with Crippen LogP contribution in [0.25, 0.3) is 0 Å². The number of amides is 2. The van der Waals surface area contributed by atoms with E-state index in [0.29, 0.717) is 13.1 Å². The Morgan fingerprint density at radius 1 is 1.25 bits per heavy atom. The Hall–Kier alpha value is -1.36. The normalized spacial score (nSPS) is 9.94. The van der Waals surface area contributed by atoms with Crippen molar-refractivity contribution in [3.8, 4) is 0 Å². The van der Waals surface area contributed by atoms with Crippen LogP contribution in [0.2, 0.25) is 0 Å². The van der Waals surface area contributed by atoms with E-state index in [1.165, 1.54) is 0 Å². The summed E-state index contributed by atoms with van der Waals surface area (Å²) in [6.45, 7) is 5.39. The number of hydrogen-bond acceptors (Lipinski definition) is 3. The van der Waals surface area contributed by atoms with Crippen LogP contribution in [-0.4, -0.2) is 50.4 Å². The van der Waals surface area contributed by atoms with Gasteiger partial charge in [-0.3, -0.25) is 9.59 Å². The molecular weight excluding hydrogens is 206 g/mol. The predicted octanol–water partition coefficient (Wildman–Crippen LogP) is -0.253. The van der Waals surface area contributed by atoms with Crippen LogP contribution in [0, 0.1) is 0 Å². The van der Waals surface area contributed by atoms with Gasteiger partial charge in [-0.25, -0.2) is 0 Å². The molecule has 0 heterocycles. The van der Waals surface area contributed by atoms with Crippen LogP contribution in [0.1, 0.15) is 12.8 Å². The van der Waals surface area contributed by atoms with E-state index in [-0.39, 0.29) is 18.2 Å². The van der Waals surface area contributed by atoms with Crippen LogP contribution in [0.15, 0.2) is 12.7 Å². The lowest BCUT2D eigenvalue weighted by Crippen LogP contribution is -2.33. The molecule has 0 aromatic carbocycles. The summed E-state index contributed by atoms with van der Waals surface area (Å²) in [7, 11) is 3.95. The van der Waals surface area contributed by atoms with Gasteiger partial charge in [-0.2, -0.15) is 0 Å². The lowest BCUT2D eigenvalue weighted by Gasteiger charge is -2.09. The third-order valence-corrected chi connectivity index (χ3v) is 1.87. The van der Waals surface area contributed by atoms with E-state index in [4.69, 9.17) is 0 Å². The molecule has 0 atom stereocenters. The minimum Gasteiger partial charge on any atom is -0.356 e. The maximum atomic E-state index is 11.2. The van der Waals surface area contributed by atoms with Crippen molar-refractivity contribution in [2.24, 2.45) is 0 Å². The van der Waals surface area contributed by atoms with Crippen molar-refractivity contribution >= 4 is 11.8 Å². The third-order valence-electron chi connectivity index (χ3n) is 1.87.